The third-order valence-electron chi connectivity index (χ3n) is 3.76. The van der Waals surface area contributed by atoms with E-state index in [9.17, 15) is 18.0 Å². The number of amides is 1. The van der Waals surface area contributed by atoms with Crippen molar-refractivity contribution in [2.24, 2.45) is 10.8 Å². The van der Waals surface area contributed by atoms with Crippen LogP contribution in [0.5, 0.6) is 0 Å². The lowest BCUT2D eigenvalue weighted by molar-refractivity contribution is -0.185. The molecule has 1 aromatic carbocycles. The predicted octanol–water partition coefficient (Wildman–Crippen LogP) is 1.78. The quantitative estimate of drug-likeness (QED) is 0.403. The van der Waals surface area contributed by atoms with Gasteiger partial charge in [0.1, 0.15) is 6.07 Å². The highest BCUT2D eigenvalue weighted by Gasteiger charge is 2.43. The molecule has 12 heteroatoms. The van der Waals surface area contributed by atoms with Crippen molar-refractivity contribution in [3.63, 3.8) is 0 Å². The van der Waals surface area contributed by atoms with Gasteiger partial charge < -0.3 is 15.5 Å². The lowest BCUT2D eigenvalue weighted by atomic mass is 10.2. The zero-order chi connectivity index (χ0) is 20.2. The lowest BCUT2D eigenvalue weighted by Crippen LogP contribution is -2.52. The van der Waals surface area contributed by atoms with Crippen LogP contribution in [0.15, 0.2) is 23.3 Å². The normalized spacial score (nSPS) is 15.3. The molecular formula is C15H15ClF3N7O. The summed E-state index contributed by atoms with van der Waals surface area (Å²) >= 11 is 5.97. The zero-order valence-corrected chi connectivity index (χ0v) is 14.6. The van der Waals surface area contributed by atoms with Crippen molar-refractivity contribution in [2.75, 3.05) is 36.5 Å². The zero-order valence-electron chi connectivity index (χ0n) is 13.8. The Bertz CT molecular complexity index is 811. The fourth-order valence-electron chi connectivity index (χ4n) is 2.46. The number of anilines is 2. The van der Waals surface area contributed by atoms with Gasteiger partial charge in [-0.1, -0.05) is 11.6 Å². The molecule has 2 rings (SSSR count). The molecule has 0 saturated carbocycles. The molecule has 1 aromatic rings. The summed E-state index contributed by atoms with van der Waals surface area (Å²) in [5.41, 5.74) is 8.45. The van der Waals surface area contributed by atoms with Crippen LogP contribution in [0.1, 0.15) is 0 Å². The molecule has 8 nitrogen and oxygen atoms in total. The molecular weight excluding hydrogens is 387 g/mol. The molecule has 1 heterocycles. The third kappa shape index (κ3) is 5.01. The van der Waals surface area contributed by atoms with Gasteiger partial charge in [-0.25, -0.2) is 0 Å². The minimum atomic E-state index is -4.90. The van der Waals surface area contributed by atoms with Crippen molar-refractivity contribution in [2.45, 2.75) is 6.18 Å². The Balaban J connectivity index is 2.17. The summed E-state index contributed by atoms with van der Waals surface area (Å²) in [4.78, 5) is 13.8. The second kappa shape index (κ2) is 8.13. The second-order valence-corrected chi connectivity index (χ2v) is 5.97. The summed E-state index contributed by atoms with van der Waals surface area (Å²) in [7, 11) is 0. The van der Waals surface area contributed by atoms with Gasteiger partial charge in [0.2, 0.25) is 5.71 Å². The lowest BCUT2D eigenvalue weighted by Gasteiger charge is -2.37. The first kappa shape index (κ1) is 20.3. The smallest absolute Gasteiger partial charge is 0.382 e. The van der Waals surface area contributed by atoms with Gasteiger partial charge >= 0.3 is 12.1 Å². The fourth-order valence-corrected chi connectivity index (χ4v) is 2.64. The van der Waals surface area contributed by atoms with Gasteiger partial charge in [0.25, 0.3) is 0 Å². The number of hydrazone groups is 1. The van der Waals surface area contributed by atoms with E-state index >= 15 is 0 Å². The first-order chi connectivity index (χ1) is 12.6. The van der Waals surface area contributed by atoms with Crippen LogP contribution in [0, 0.1) is 16.7 Å². The maximum Gasteiger partial charge on any atom is 0.471 e. The number of hydrogen-bond donors (Lipinski definition) is 3. The van der Waals surface area contributed by atoms with Crippen molar-refractivity contribution < 1.29 is 18.0 Å². The molecule has 0 bridgehead atoms. The van der Waals surface area contributed by atoms with Crippen LogP contribution in [0.4, 0.5) is 24.5 Å². The number of piperazine rings is 1. The third-order valence-corrected chi connectivity index (χ3v) is 3.99. The van der Waals surface area contributed by atoms with E-state index in [0.29, 0.717) is 16.4 Å². The molecule has 1 aliphatic heterocycles. The molecule has 1 fully saturated rings. The molecule has 1 amide bonds. The van der Waals surface area contributed by atoms with E-state index in [1.54, 1.807) is 23.1 Å². The number of carbonyl (C=O) groups is 1. The summed E-state index contributed by atoms with van der Waals surface area (Å²) in [5.74, 6) is -2.38. The summed E-state index contributed by atoms with van der Waals surface area (Å²) in [6.07, 6.45) is -4.90. The topological polar surface area (TPSA) is 122 Å². The minimum absolute atomic E-state index is 0.0967. The van der Waals surface area contributed by atoms with E-state index in [-0.39, 0.29) is 31.9 Å². The average molecular weight is 402 g/mol. The highest BCUT2D eigenvalue weighted by molar-refractivity contribution is 6.45. The Kier molecular flexibility index (Phi) is 6.12. The maximum atomic E-state index is 12.5. The number of nitrogens with one attached hydrogen (secondary N) is 2. The number of hydrogen-bond acceptors (Lipinski definition) is 6. The van der Waals surface area contributed by atoms with Crippen LogP contribution < -0.4 is 16.1 Å². The molecule has 27 heavy (non-hydrogen) atoms. The molecule has 4 N–H and O–H groups in total. The van der Waals surface area contributed by atoms with Crippen molar-refractivity contribution in [3.05, 3.63) is 23.2 Å². The highest BCUT2D eigenvalue weighted by atomic mass is 35.5. The van der Waals surface area contributed by atoms with Gasteiger partial charge in [0, 0.05) is 31.2 Å². The van der Waals surface area contributed by atoms with Gasteiger partial charge in [-0.15, -0.1) is 0 Å². The maximum absolute atomic E-state index is 12.5. The highest BCUT2D eigenvalue weighted by Crippen LogP contribution is 2.30. The van der Waals surface area contributed by atoms with E-state index in [1.165, 1.54) is 6.07 Å². The number of alkyl halides is 3. The molecule has 0 spiro atoms. The van der Waals surface area contributed by atoms with Crippen LogP contribution in [-0.2, 0) is 4.79 Å². The number of nitrogens with two attached hydrogens (primary N) is 1. The molecule has 0 aromatic heterocycles. The second-order valence-electron chi connectivity index (χ2n) is 5.54. The van der Waals surface area contributed by atoms with Crippen LogP contribution in [0.2, 0.25) is 5.02 Å². The van der Waals surface area contributed by atoms with Crippen LogP contribution in [0.25, 0.3) is 0 Å². The largest absolute Gasteiger partial charge is 0.471 e. The van der Waals surface area contributed by atoms with Crippen molar-refractivity contribution in [1.82, 2.24) is 4.90 Å². The van der Waals surface area contributed by atoms with E-state index in [4.69, 9.17) is 28.0 Å². The van der Waals surface area contributed by atoms with Gasteiger partial charge in [-0.2, -0.15) is 23.5 Å². The van der Waals surface area contributed by atoms with E-state index in [2.05, 4.69) is 10.5 Å². The number of carbonyl (C=O) groups excluding carboxylic acids is 1. The van der Waals surface area contributed by atoms with Crippen LogP contribution >= 0.6 is 11.6 Å². The van der Waals surface area contributed by atoms with Crippen LogP contribution in [-0.4, -0.2) is 54.7 Å². The van der Waals surface area contributed by atoms with Crippen molar-refractivity contribution in [3.8, 4) is 6.07 Å². The first-order valence-corrected chi connectivity index (χ1v) is 8.00. The average Bonchev–Trinajstić information content (AvgIpc) is 2.61. The standard InChI is InChI=1S/C15H15ClF3N7O/c16-9-1-2-12(10(7-9)23-24-11(8-20)13(21)22)25-3-5-26(6-4-25)14(27)15(17,18)19/h1-2,7,23H,3-6H2,(H3,21,22)/b24-11+. The monoisotopic (exact) mass is 401 g/mol. The minimum Gasteiger partial charge on any atom is -0.382 e. The summed E-state index contributed by atoms with van der Waals surface area (Å²) < 4.78 is 37.6. The summed E-state index contributed by atoms with van der Waals surface area (Å²) in [6.45, 7) is 0.139. The number of benzene rings is 1. The summed E-state index contributed by atoms with van der Waals surface area (Å²) in [5, 5.41) is 20.2. The fraction of sp³-hybridized carbons (Fsp3) is 0.333. The Hall–Kier alpha value is -3.00. The first-order valence-electron chi connectivity index (χ1n) is 7.62. The Morgan fingerprint density at radius 2 is 1.96 bits per heavy atom. The van der Waals surface area contributed by atoms with E-state index < -0.39 is 17.9 Å². The Morgan fingerprint density at radius 1 is 1.33 bits per heavy atom. The summed E-state index contributed by atoms with van der Waals surface area (Å²) in [6, 6.07) is 6.41. The number of rotatable bonds is 4. The molecule has 0 unspecified atom stereocenters. The predicted molar refractivity (Wildman–Crippen MR) is 94.9 cm³/mol. The molecule has 0 atom stereocenters. The van der Waals surface area contributed by atoms with Crippen molar-refractivity contribution in [1.29, 1.82) is 10.7 Å². The van der Waals surface area contributed by atoms with Gasteiger partial charge in [-0.05, 0) is 18.2 Å². The SMILES string of the molecule is N#C/C(=N\Nc1cc(Cl)ccc1N1CCN(C(=O)C(F)(F)F)CC1)C(=N)N. The van der Waals surface area contributed by atoms with Crippen molar-refractivity contribution >= 4 is 40.4 Å². The molecule has 0 aliphatic carbocycles. The Labute approximate surface area is 157 Å². The van der Waals surface area contributed by atoms with Crippen LogP contribution in [0.3, 0.4) is 0 Å². The molecule has 0 radical (unpaired) electrons. The number of nitrogens with zero attached hydrogens (tertiary/aromatic N) is 4. The van der Waals surface area contributed by atoms with E-state index in [0.717, 1.165) is 4.90 Å². The number of halogens is 4. The number of nitriles is 1. The van der Waals surface area contributed by atoms with Gasteiger partial charge in [0.15, 0.2) is 5.84 Å². The molecule has 144 valence electrons. The molecule has 1 saturated heterocycles. The van der Waals surface area contributed by atoms with E-state index in [1.807, 2.05) is 0 Å². The molecule has 1 aliphatic rings. The van der Waals surface area contributed by atoms with Gasteiger partial charge in [-0.3, -0.25) is 15.6 Å². The number of amidine groups is 1. The van der Waals surface area contributed by atoms with Gasteiger partial charge in [0.05, 0.1) is 11.4 Å². The Morgan fingerprint density at radius 3 is 2.48 bits per heavy atom.